The van der Waals surface area contributed by atoms with Gasteiger partial charge in [0.15, 0.2) is 0 Å². The Hall–Kier alpha value is -3.03. The summed E-state index contributed by atoms with van der Waals surface area (Å²) in [6.07, 6.45) is 0.851. The van der Waals surface area contributed by atoms with Crippen molar-refractivity contribution in [3.63, 3.8) is 0 Å². The van der Waals surface area contributed by atoms with Gasteiger partial charge in [0.05, 0.1) is 19.4 Å². The first-order chi connectivity index (χ1) is 13.1. The highest BCUT2D eigenvalue weighted by Gasteiger charge is 2.11. The highest BCUT2D eigenvalue weighted by atomic mass is 19.1. The van der Waals surface area contributed by atoms with Crippen LogP contribution in [0.5, 0.6) is 0 Å². The number of benzene rings is 2. The van der Waals surface area contributed by atoms with Crippen molar-refractivity contribution >= 4 is 0 Å². The quantitative estimate of drug-likeness (QED) is 0.611. The molecule has 0 aliphatic carbocycles. The Morgan fingerprint density at radius 3 is 1.85 bits per heavy atom. The van der Waals surface area contributed by atoms with Crippen molar-refractivity contribution in [3.05, 3.63) is 105 Å². The molecule has 0 atom stereocenters. The molecule has 0 fully saturated rings. The zero-order valence-corrected chi connectivity index (χ0v) is 14.6. The molecule has 0 unspecified atom stereocenters. The minimum absolute atomic E-state index is 0.177. The highest BCUT2D eigenvalue weighted by Crippen LogP contribution is 2.02. The van der Waals surface area contributed by atoms with Crippen LogP contribution in [0.4, 0.5) is 4.39 Å². The molecule has 0 saturated heterocycles. The predicted molar refractivity (Wildman–Crippen MR) is 97.4 cm³/mol. The van der Waals surface area contributed by atoms with E-state index in [2.05, 4.69) is 0 Å². The molecule has 1 heterocycles. The van der Waals surface area contributed by atoms with Crippen LogP contribution in [-0.2, 0) is 36.1 Å². The SMILES string of the molecule is O=c1c(F)cn(COCc2ccccc2)c(=O)n1COCc1ccccc1. The second-order valence-corrected chi connectivity index (χ2v) is 5.89. The van der Waals surface area contributed by atoms with E-state index in [1.165, 1.54) is 0 Å². The summed E-state index contributed by atoms with van der Waals surface area (Å²) in [5.41, 5.74) is 0.0916. The van der Waals surface area contributed by atoms with E-state index in [0.717, 1.165) is 21.9 Å². The summed E-state index contributed by atoms with van der Waals surface area (Å²) in [5.74, 6) is -1.04. The lowest BCUT2D eigenvalue weighted by atomic mass is 10.2. The first kappa shape index (κ1) is 18.8. The van der Waals surface area contributed by atoms with Gasteiger partial charge in [0.1, 0.15) is 13.5 Å². The van der Waals surface area contributed by atoms with Gasteiger partial charge in [-0.2, -0.15) is 4.39 Å². The molecule has 0 saturated carbocycles. The second kappa shape index (κ2) is 9.07. The molecule has 0 aliphatic rings. The molecule has 0 amide bonds. The first-order valence-corrected chi connectivity index (χ1v) is 8.38. The zero-order chi connectivity index (χ0) is 19.1. The molecule has 3 rings (SSSR count). The molecule has 2 aromatic carbocycles. The van der Waals surface area contributed by atoms with Crippen LogP contribution in [-0.4, -0.2) is 9.13 Å². The second-order valence-electron chi connectivity index (χ2n) is 5.89. The molecule has 0 bridgehead atoms. The van der Waals surface area contributed by atoms with E-state index in [4.69, 9.17) is 9.47 Å². The van der Waals surface area contributed by atoms with Crippen molar-refractivity contribution in [1.29, 1.82) is 0 Å². The van der Waals surface area contributed by atoms with Gasteiger partial charge in [-0.15, -0.1) is 0 Å². The van der Waals surface area contributed by atoms with Gasteiger partial charge < -0.3 is 9.47 Å². The number of halogens is 1. The normalized spacial score (nSPS) is 10.9. The Morgan fingerprint density at radius 1 is 0.778 bits per heavy atom. The van der Waals surface area contributed by atoms with Gasteiger partial charge in [-0.1, -0.05) is 60.7 Å². The summed E-state index contributed by atoms with van der Waals surface area (Å²) in [7, 11) is 0. The third kappa shape index (κ3) is 4.99. The molecule has 1 aromatic heterocycles. The van der Waals surface area contributed by atoms with Crippen LogP contribution in [0.25, 0.3) is 0 Å². The average Bonchev–Trinajstić information content (AvgIpc) is 2.70. The molecule has 140 valence electrons. The monoisotopic (exact) mass is 370 g/mol. The van der Waals surface area contributed by atoms with E-state index in [9.17, 15) is 14.0 Å². The van der Waals surface area contributed by atoms with Crippen LogP contribution < -0.4 is 11.2 Å². The van der Waals surface area contributed by atoms with Gasteiger partial charge >= 0.3 is 5.69 Å². The minimum Gasteiger partial charge on any atom is -0.356 e. The standard InChI is InChI=1S/C20H19FN2O4/c21-18-11-22(14-26-12-16-7-3-1-4-8-16)20(25)23(19(18)24)15-27-13-17-9-5-2-6-10-17/h1-11H,12-15H2. The Morgan fingerprint density at radius 2 is 1.30 bits per heavy atom. The van der Waals surface area contributed by atoms with Crippen molar-refractivity contribution < 1.29 is 13.9 Å². The number of ether oxygens (including phenoxy) is 2. The van der Waals surface area contributed by atoms with E-state index in [1.54, 1.807) is 0 Å². The van der Waals surface area contributed by atoms with Gasteiger partial charge in [-0.05, 0) is 11.1 Å². The van der Waals surface area contributed by atoms with Crippen molar-refractivity contribution in [2.75, 3.05) is 0 Å². The Bertz CT molecular complexity index is 984. The summed E-state index contributed by atoms with van der Waals surface area (Å²) >= 11 is 0. The summed E-state index contributed by atoms with van der Waals surface area (Å²) in [6, 6.07) is 18.7. The van der Waals surface area contributed by atoms with E-state index < -0.39 is 17.1 Å². The van der Waals surface area contributed by atoms with Gasteiger partial charge in [-0.25, -0.2) is 9.36 Å². The molecular weight excluding hydrogens is 351 g/mol. The zero-order valence-electron chi connectivity index (χ0n) is 14.6. The van der Waals surface area contributed by atoms with Crippen molar-refractivity contribution in [2.45, 2.75) is 26.7 Å². The molecular formula is C20H19FN2O4. The summed E-state index contributed by atoms with van der Waals surface area (Å²) in [6.45, 7) is -0.0567. The van der Waals surface area contributed by atoms with E-state index in [0.29, 0.717) is 4.57 Å². The number of aromatic nitrogens is 2. The summed E-state index contributed by atoms with van der Waals surface area (Å²) in [4.78, 5) is 24.4. The third-order valence-corrected chi connectivity index (χ3v) is 3.87. The third-order valence-electron chi connectivity index (χ3n) is 3.87. The van der Waals surface area contributed by atoms with Crippen LogP contribution in [0.1, 0.15) is 11.1 Å². The van der Waals surface area contributed by atoms with Gasteiger partial charge in [-0.3, -0.25) is 9.36 Å². The van der Waals surface area contributed by atoms with Crippen molar-refractivity contribution in [3.8, 4) is 0 Å². The van der Waals surface area contributed by atoms with Crippen LogP contribution in [0, 0.1) is 5.82 Å². The molecule has 6 nitrogen and oxygen atoms in total. The maximum absolute atomic E-state index is 13.9. The van der Waals surface area contributed by atoms with E-state index >= 15 is 0 Å². The largest absolute Gasteiger partial charge is 0.356 e. The number of hydrogen-bond acceptors (Lipinski definition) is 4. The summed E-state index contributed by atoms with van der Waals surface area (Å²) < 4.78 is 26.5. The van der Waals surface area contributed by atoms with Gasteiger partial charge in [0.25, 0.3) is 5.56 Å². The number of nitrogens with zero attached hydrogens (tertiary/aromatic N) is 2. The van der Waals surface area contributed by atoms with E-state index in [1.807, 2.05) is 60.7 Å². The molecule has 7 heteroatoms. The Balaban J connectivity index is 1.67. The Labute approximate surface area is 155 Å². The highest BCUT2D eigenvalue weighted by molar-refractivity contribution is 5.14. The van der Waals surface area contributed by atoms with Crippen molar-refractivity contribution in [2.24, 2.45) is 0 Å². The number of rotatable bonds is 8. The lowest BCUT2D eigenvalue weighted by Crippen LogP contribution is -2.42. The summed E-state index contributed by atoms with van der Waals surface area (Å²) in [5, 5.41) is 0. The number of hydrogen-bond donors (Lipinski definition) is 0. The van der Waals surface area contributed by atoms with Crippen LogP contribution >= 0.6 is 0 Å². The lowest BCUT2D eigenvalue weighted by Gasteiger charge is -2.11. The minimum atomic E-state index is -1.04. The molecule has 3 aromatic rings. The van der Waals surface area contributed by atoms with Crippen LogP contribution in [0.3, 0.4) is 0 Å². The topological polar surface area (TPSA) is 62.5 Å². The van der Waals surface area contributed by atoms with Crippen LogP contribution in [0.2, 0.25) is 0 Å². The smallest absolute Gasteiger partial charge is 0.334 e. The first-order valence-electron chi connectivity index (χ1n) is 8.38. The van der Waals surface area contributed by atoms with Crippen LogP contribution in [0.15, 0.2) is 76.4 Å². The van der Waals surface area contributed by atoms with Gasteiger partial charge in [0.2, 0.25) is 5.82 Å². The molecule has 0 N–H and O–H groups in total. The fraction of sp³-hybridized carbons (Fsp3) is 0.200. The fourth-order valence-corrected chi connectivity index (χ4v) is 2.49. The Kier molecular flexibility index (Phi) is 6.30. The van der Waals surface area contributed by atoms with E-state index in [-0.39, 0.29) is 26.7 Å². The molecule has 0 aliphatic heterocycles. The maximum atomic E-state index is 13.9. The molecule has 0 radical (unpaired) electrons. The van der Waals surface area contributed by atoms with Crippen molar-refractivity contribution in [1.82, 2.24) is 9.13 Å². The lowest BCUT2D eigenvalue weighted by molar-refractivity contribution is 0.0426. The fourth-order valence-electron chi connectivity index (χ4n) is 2.49. The molecule has 0 spiro atoms. The van der Waals surface area contributed by atoms with Gasteiger partial charge in [0, 0.05) is 0 Å². The molecule has 27 heavy (non-hydrogen) atoms. The predicted octanol–water partition coefficient (Wildman–Crippen LogP) is 2.50. The average molecular weight is 370 g/mol. The maximum Gasteiger partial charge on any atom is 0.334 e.